The van der Waals surface area contributed by atoms with Crippen molar-refractivity contribution in [3.63, 3.8) is 0 Å². The van der Waals surface area contributed by atoms with Gasteiger partial charge in [-0.1, -0.05) is 24.3 Å². The number of rotatable bonds is 4. The fraction of sp³-hybridized carbons (Fsp3) is 0.0714. The van der Waals surface area contributed by atoms with Crippen LogP contribution in [0.1, 0.15) is 10.4 Å². The van der Waals surface area contributed by atoms with E-state index in [0.29, 0.717) is 17.0 Å². The molecule has 0 fully saturated rings. The lowest BCUT2D eigenvalue weighted by Crippen LogP contribution is -1.98. The maximum atomic E-state index is 11.0. The van der Waals surface area contributed by atoms with Crippen LogP contribution in [0, 0.1) is 0 Å². The highest BCUT2D eigenvalue weighted by Crippen LogP contribution is 2.30. The summed E-state index contributed by atoms with van der Waals surface area (Å²) < 4.78 is 5.24. The molecule has 2 aromatic rings. The topological polar surface area (TPSA) is 38.3 Å². The largest absolute Gasteiger partial charge is 0.495 e. The summed E-state index contributed by atoms with van der Waals surface area (Å²) in [5, 5.41) is 3.19. The Bertz CT molecular complexity index is 509. The van der Waals surface area contributed by atoms with E-state index in [1.165, 1.54) is 0 Å². The Morgan fingerprint density at radius 3 is 2.47 bits per heavy atom. The van der Waals surface area contributed by atoms with E-state index in [-0.39, 0.29) is 0 Å². The lowest BCUT2D eigenvalue weighted by Gasteiger charge is -2.12. The smallest absolute Gasteiger partial charge is 0.152 e. The first-order valence-electron chi connectivity index (χ1n) is 5.29. The number of carbonyl (C=O) groups excluding carboxylic acids is 1. The summed E-state index contributed by atoms with van der Waals surface area (Å²) in [5.74, 6) is 0.651. The molecular weight excluding hydrogens is 214 g/mol. The maximum absolute atomic E-state index is 11.0. The van der Waals surface area contributed by atoms with Crippen LogP contribution in [0.25, 0.3) is 0 Å². The molecule has 0 heterocycles. The second kappa shape index (κ2) is 5.16. The molecule has 3 nitrogen and oxygen atoms in total. The summed E-state index contributed by atoms with van der Waals surface area (Å²) in [6.07, 6.45) is 0.813. The normalized spacial score (nSPS) is 9.71. The van der Waals surface area contributed by atoms with Gasteiger partial charge in [0.05, 0.1) is 12.8 Å². The number of para-hydroxylation sites is 2. The van der Waals surface area contributed by atoms with E-state index in [9.17, 15) is 4.79 Å². The van der Waals surface area contributed by atoms with Crippen molar-refractivity contribution in [3.8, 4) is 5.75 Å². The van der Waals surface area contributed by atoms with Crippen LogP contribution in [0.5, 0.6) is 5.75 Å². The van der Waals surface area contributed by atoms with Crippen molar-refractivity contribution in [3.05, 3.63) is 54.1 Å². The van der Waals surface area contributed by atoms with Crippen LogP contribution in [0.4, 0.5) is 11.4 Å². The van der Waals surface area contributed by atoms with E-state index >= 15 is 0 Å². The molecule has 2 aromatic carbocycles. The van der Waals surface area contributed by atoms with Gasteiger partial charge in [-0.05, 0) is 24.3 Å². The number of ether oxygens (including phenoxy) is 1. The van der Waals surface area contributed by atoms with Crippen molar-refractivity contribution in [2.75, 3.05) is 12.4 Å². The molecule has 0 aliphatic heterocycles. The quantitative estimate of drug-likeness (QED) is 0.815. The average molecular weight is 227 g/mol. The Morgan fingerprint density at radius 2 is 1.82 bits per heavy atom. The van der Waals surface area contributed by atoms with Crippen LogP contribution in [0.15, 0.2) is 48.5 Å². The van der Waals surface area contributed by atoms with Gasteiger partial charge in [0.2, 0.25) is 0 Å². The van der Waals surface area contributed by atoms with Gasteiger partial charge in [-0.15, -0.1) is 0 Å². The van der Waals surface area contributed by atoms with E-state index in [4.69, 9.17) is 4.74 Å². The molecule has 0 spiro atoms. The average Bonchev–Trinajstić information content (AvgIpc) is 2.40. The number of hydrogen-bond acceptors (Lipinski definition) is 3. The molecule has 0 aromatic heterocycles. The molecular formula is C14H13NO2. The van der Waals surface area contributed by atoms with E-state index < -0.39 is 0 Å². The van der Waals surface area contributed by atoms with Gasteiger partial charge in [-0.25, -0.2) is 0 Å². The van der Waals surface area contributed by atoms with Crippen LogP contribution in [-0.2, 0) is 0 Å². The van der Waals surface area contributed by atoms with Gasteiger partial charge in [0, 0.05) is 11.3 Å². The molecule has 0 aliphatic carbocycles. The molecule has 86 valence electrons. The Labute approximate surface area is 100 Å². The molecule has 3 heteroatoms. The molecule has 0 bridgehead atoms. The minimum absolute atomic E-state index is 0.577. The van der Waals surface area contributed by atoms with Gasteiger partial charge < -0.3 is 10.1 Å². The summed E-state index contributed by atoms with van der Waals surface area (Å²) in [7, 11) is 1.58. The molecule has 0 aliphatic rings. The zero-order valence-electron chi connectivity index (χ0n) is 9.51. The molecule has 0 amide bonds. The molecule has 17 heavy (non-hydrogen) atoms. The second-order valence-electron chi connectivity index (χ2n) is 3.53. The van der Waals surface area contributed by atoms with Crippen LogP contribution >= 0.6 is 0 Å². The summed E-state index contributed by atoms with van der Waals surface area (Å²) in [4.78, 5) is 11.0. The summed E-state index contributed by atoms with van der Waals surface area (Å²) in [5.41, 5.74) is 2.18. The summed E-state index contributed by atoms with van der Waals surface area (Å²) in [6.45, 7) is 0. The number of carbonyl (C=O) groups is 1. The van der Waals surface area contributed by atoms with Crippen LogP contribution < -0.4 is 10.1 Å². The number of benzene rings is 2. The fourth-order valence-corrected chi connectivity index (χ4v) is 1.62. The Morgan fingerprint density at radius 1 is 1.06 bits per heavy atom. The van der Waals surface area contributed by atoms with Crippen molar-refractivity contribution in [2.45, 2.75) is 0 Å². The van der Waals surface area contributed by atoms with Crippen LogP contribution in [-0.4, -0.2) is 13.4 Å². The van der Waals surface area contributed by atoms with E-state index in [1.807, 2.05) is 36.4 Å². The third-order valence-electron chi connectivity index (χ3n) is 2.45. The fourth-order valence-electron chi connectivity index (χ4n) is 1.62. The minimum Gasteiger partial charge on any atom is -0.495 e. The number of anilines is 2. The number of nitrogens with one attached hydrogen (secondary N) is 1. The van der Waals surface area contributed by atoms with E-state index in [2.05, 4.69) is 5.32 Å². The van der Waals surface area contributed by atoms with Crippen LogP contribution in [0.3, 0.4) is 0 Å². The maximum Gasteiger partial charge on any atom is 0.152 e. The third-order valence-corrected chi connectivity index (χ3v) is 2.45. The van der Waals surface area contributed by atoms with Gasteiger partial charge >= 0.3 is 0 Å². The molecule has 2 rings (SSSR count). The van der Waals surface area contributed by atoms with Crippen LogP contribution in [0.2, 0.25) is 0 Å². The standard InChI is InChI=1S/C14H13NO2/c1-17-13-9-5-6-11(10-16)14(13)15-12-7-3-2-4-8-12/h2-10,15H,1H3. The number of aldehydes is 1. The Balaban J connectivity index is 2.40. The number of methoxy groups -OCH3 is 1. The second-order valence-corrected chi connectivity index (χ2v) is 3.53. The minimum atomic E-state index is 0.577. The first-order valence-corrected chi connectivity index (χ1v) is 5.29. The first-order chi connectivity index (χ1) is 8.35. The zero-order valence-corrected chi connectivity index (χ0v) is 9.51. The predicted molar refractivity (Wildman–Crippen MR) is 68.1 cm³/mol. The van der Waals surface area contributed by atoms with Crippen molar-refractivity contribution < 1.29 is 9.53 Å². The van der Waals surface area contributed by atoms with Crippen molar-refractivity contribution in [1.82, 2.24) is 0 Å². The zero-order chi connectivity index (χ0) is 12.1. The highest BCUT2D eigenvalue weighted by atomic mass is 16.5. The lowest BCUT2D eigenvalue weighted by atomic mass is 10.1. The molecule has 0 radical (unpaired) electrons. The molecule has 0 atom stereocenters. The molecule has 0 saturated heterocycles. The molecule has 0 unspecified atom stereocenters. The SMILES string of the molecule is COc1cccc(C=O)c1Nc1ccccc1. The van der Waals surface area contributed by atoms with Gasteiger partial charge in [0.15, 0.2) is 6.29 Å². The third kappa shape index (κ3) is 2.45. The summed E-state index contributed by atoms with van der Waals surface area (Å²) >= 11 is 0. The summed E-state index contributed by atoms with van der Waals surface area (Å²) in [6, 6.07) is 15.0. The van der Waals surface area contributed by atoms with E-state index in [1.54, 1.807) is 19.2 Å². The van der Waals surface area contributed by atoms with Crippen molar-refractivity contribution in [1.29, 1.82) is 0 Å². The van der Waals surface area contributed by atoms with Gasteiger partial charge in [0.1, 0.15) is 5.75 Å². The highest BCUT2D eigenvalue weighted by molar-refractivity contribution is 5.88. The van der Waals surface area contributed by atoms with Crippen molar-refractivity contribution >= 4 is 17.7 Å². The first kappa shape index (κ1) is 11.2. The van der Waals surface area contributed by atoms with Gasteiger partial charge in [-0.2, -0.15) is 0 Å². The highest BCUT2D eigenvalue weighted by Gasteiger charge is 2.08. The Kier molecular flexibility index (Phi) is 3.40. The molecule has 0 saturated carbocycles. The Hall–Kier alpha value is -2.29. The monoisotopic (exact) mass is 227 g/mol. The van der Waals surface area contributed by atoms with Gasteiger partial charge in [0.25, 0.3) is 0 Å². The van der Waals surface area contributed by atoms with Crippen molar-refractivity contribution in [2.24, 2.45) is 0 Å². The van der Waals surface area contributed by atoms with E-state index in [0.717, 1.165) is 12.0 Å². The van der Waals surface area contributed by atoms with Gasteiger partial charge in [-0.3, -0.25) is 4.79 Å². The predicted octanol–water partition coefficient (Wildman–Crippen LogP) is 3.25. The number of hydrogen-bond donors (Lipinski definition) is 1. The molecule has 1 N–H and O–H groups in total. The lowest BCUT2D eigenvalue weighted by molar-refractivity contribution is 0.112.